The van der Waals surface area contributed by atoms with E-state index in [-0.39, 0.29) is 29.6 Å². The number of hydrogen-bond donors (Lipinski definition) is 2. The fourth-order valence-electron chi connectivity index (χ4n) is 1.63. The molecular weight excluding hydrogens is 189 g/mol. The maximum atomic E-state index is 10.7. The molecule has 0 fully saturated rings. The first-order valence-corrected chi connectivity index (χ1v) is 4.30. The van der Waals surface area contributed by atoms with Gasteiger partial charge in [0.05, 0.1) is 0 Å². The summed E-state index contributed by atoms with van der Waals surface area (Å²) >= 11 is 0. The Morgan fingerprint density at radius 3 is 2.64 bits per heavy atom. The van der Waals surface area contributed by atoms with Crippen LogP contribution in [0.3, 0.4) is 0 Å². The summed E-state index contributed by atoms with van der Waals surface area (Å²) in [5.74, 6) is -0.769. The Morgan fingerprint density at radius 2 is 2.00 bits per heavy atom. The number of aliphatic carboxylic acids is 1. The number of carboxylic acids is 1. The van der Waals surface area contributed by atoms with Crippen LogP contribution < -0.4 is 5.32 Å². The predicted octanol–water partition coefficient (Wildman–Crippen LogP) is 0.137. The van der Waals surface area contributed by atoms with Gasteiger partial charge in [-0.15, -0.1) is 0 Å². The van der Waals surface area contributed by atoms with Crippen LogP contribution in [-0.4, -0.2) is 46.7 Å². The second kappa shape index (κ2) is 4.94. The van der Waals surface area contributed by atoms with Gasteiger partial charge in [-0.3, -0.25) is 4.79 Å². The number of benzene rings is 1. The van der Waals surface area contributed by atoms with Crippen LogP contribution in [0.25, 0.3) is 0 Å². The van der Waals surface area contributed by atoms with E-state index in [1.807, 2.05) is 24.3 Å². The molecule has 0 amide bonds. The molecular formula is C10H12NNaO2. The molecule has 2 N–H and O–H groups in total. The predicted molar refractivity (Wildman–Crippen MR) is 55.6 cm³/mol. The second-order valence-corrected chi connectivity index (χ2v) is 3.24. The van der Waals surface area contributed by atoms with Crippen molar-refractivity contribution in [3.05, 3.63) is 35.4 Å². The van der Waals surface area contributed by atoms with E-state index in [4.69, 9.17) is 5.11 Å². The summed E-state index contributed by atoms with van der Waals surface area (Å²) in [5.41, 5.74) is 2.36. The van der Waals surface area contributed by atoms with Gasteiger partial charge in [0, 0.05) is 6.54 Å². The molecule has 1 atom stereocenters. The Kier molecular flexibility index (Phi) is 4.13. The summed E-state index contributed by atoms with van der Waals surface area (Å²) in [6, 6.07) is 7.52. The molecule has 4 heteroatoms. The van der Waals surface area contributed by atoms with Crippen LogP contribution in [0.15, 0.2) is 24.3 Å². The molecule has 1 aromatic rings. The van der Waals surface area contributed by atoms with Gasteiger partial charge < -0.3 is 10.4 Å². The molecule has 0 saturated carbocycles. The molecule has 1 aliphatic heterocycles. The van der Waals surface area contributed by atoms with Gasteiger partial charge in [0.1, 0.15) is 6.04 Å². The van der Waals surface area contributed by atoms with Crippen molar-refractivity contribution in [2.45, 2.75) is 19.0 Å². The van der Waals surface area contributed by atoms with E-state index in [0.29, 0.717) is 13.0 Å². The third-order valence-corrected chi connectivity index (χ3v) is 2.38. The van der Waals surface area contributed by atoms with Crippen molar-refractivity contribution >= 4 is 35.5 Å². The Balaban J connectivity index is 0.000000980. The van der Waals surface area contributed by atoms with Gasteiger partial charge in [-0.05, 0) is 17.5 Å². The number of carbonyl (C=O) groups is 1. The van der Waals surface area contributed by atoms with E-state index in [2.05, 4.69) is 5.32 Å². The molecule has 1 aromatic carbocycles. The molecule has 0 bridgehead atoms. The standard InChI is InChI=1S/C10H11NO2.Na.H/c12-10(13)9-5-7-3-1-2-4-8(7)6-11-9;;/h1-4,9,11H,5-6H2,(H,12,13);;. The average molecular weight is 201 g/mol. The molecule has 0 aromatic heterocycles. The van der Waals surface area contributed by atoms with Crippen LogP contribution in [0.5, 0.6) is 0 Å². The number of carboxylic acid groups (broad SMARTS) is 1. The van der Waals surface area contributed by atoms with E-state index >= 15 is 0 Å². The number of hydrogen-bond acceptors (Lipinski definition) is 2. The molecule has 14 heavy (non-hydrogen) atoms. The second-order valence-electron chi connectivity index (χ2n) is 3.24. The monoisotopic (exact) mass is 201 g/mol. The first kappa shape index (κ1) is 11.7. The van der Waals surface area contributed by atoms with E-state index < -0.39 is 12.0 Å². The van der Waals surface area contributed by atoms with Crippen molar-refractivity contribution in [1.29, 1.82) is 0 Å². The maximum absolute atomic E-state index is 10.7. The first-order chi connectivity index (χ1) is 6.27. The molecule has 70 valence electrons. The molecule has 0 aliphatic carbocycles. The molecule has 1 heterocycles. The van der Waals surface area contributed by atoms with Gasteiger partial charge in [-0.25, -0.2) is 0 Å². The summed E-state index contributed by atoms with van der Waals surface area (Å²) < 4.78 is 0. The van der Waals surface area contributed by atoms with Crippen molar-refractivity contribution in [2.75, 3.05) is 0 Å². The van der Waals surface area contributed by atoms with Gasteiger partial charge in [-0.2, -0.15) is 0 Å². The van der Waals surface area contributed by atoms with Gasteiger partial charge in [0.15, 0.2) is 0 Å². The molecule has 0 spiro atoms. The van der Waals surface area contributed by atoms with Crippen LogP contribution in [-0.2, 0) is 17.8 Å². The Hall–Kier alpha value is -0.350. The average Bonchev–Trinajstić information content (AvgIpc) is 2.17. The third kappa shape index (κ3) is 2.36. The minimum atomic E-state index is -0.769. The van der Waals surface area contributed by atoms with E-state index in [0.717, 1.165) is 5.56 Å². The van der Waals surface area contributed by atoms with Gasteiger partial charge in [0.25, 0.3) is 0 Å². The Bertz CT molecular complexity index is 341. The summed E-state index contributed by atoms with van der Waals surface area (Å²) in [7, 11) is 0. The fourth-order valence-corrected chi connectivity index (χ4v) is 1.63. The van der Waals surface area contributed by atoms with Crippen LogP contribution >= 0.6 is 0 Å². The molecule has 1 unspecified atom stereocenters. The number of rotatable bonds is 1. The Morgan fingerprint density at radius 1 is 1.36 bits per heavy atom. The fraction of sp³-hybridized carbons (Fsp3) is 0.300. The number of fused-ring (bicyclic) bond motifs is 1. The topological polar surface area (TPSA) is 49.3 Å². The first-order valence-electron chi connectivity index (χ1n) is 4.30. The van der Waals surface area contributed by atoms with E-state index in [9.17, 15) is 4.79 Å². The summed E-state index contributed by atoms with van der Waals surface area (Å²) in [4.78, 5) is 10.7. The van der Waals surface area contributed by atoms with E-state index in [1.165, 1.54) is 5.56 Å². The summed E-state index contributed by atoms with van der Waals surface area (Å²) in [6.07, 6.45) is 0.589. The minimum absolute atomic E-state index is 0. The van der Waals surface area contributed by atoms with E-state index in [1.54, 1.807) is 0 Å². The van der Waals surface area contributed by atoms with Crippen LogP contribution in [0.2, 0.25) is 0 Å². The third-order valence-electron chi connectivity index (χ3n) is 2.38. The zero-order valence-corrected chi connectivity index (χ0v) is 7.16. The van der Waals surface area contributed by atoms with Crippen molar-refractivity contribution in [3.8, 4) is 0 Å². The quantitative estimate of drug-likeness (QED) is 0.635. The summed E-state index contributed by atoms with van der Waals surface area (Å²) in [6.45, 7) is 0.660. The molecule has 0 saturated heterocycles. The zero-order chi connectivity index (χ0) is 9.26. The van der Waals surface area contributed by atoms with Gasteiger partial charge in [0.2, 0.25) is 0 Å². The van der Waals surface area contributed by atoms with Crippen molar-refractivity contribution in [3.63, 3.8) is 0 Å². The van der Waals surface area contributed by atoms with Crippen molar-refractivity contribution < 1.29 is 9.90 Å². The van der Waals surface area contributed by atoms with Crippen LogP contribution in [0, 0.1) is 0 Å². The molecule has 1 aliphatic rings. The number of nitrogens with one attached hydrogen (secondary N) is 1. The SMILES string of the molecule is O=C(O)C1Cc2ccccc2CN1.[NaH]. The van der Waals surface area contributed by atoms with Crippen molar-refractivity contribution in [1.82, 2.24) is 5.32 Å². The normalized spacial score (nSPS) is 19.3. The van der Waals surface area contributed by atoms with Gasteiger partial charge in [-0.1, -0.05) is 24.3 Å². The molecule has 3 nitrogen and oxygen atoms in total. The van der Waals surface area contributed by atoms with Crippen molar-refractivity contribution in [2.24, 2.45) is 0 Å². The zero-order valence-electron chi connectivity index (χ0n) is 7.16. The van der Waals surface area contributed by atoms with Crippen LogP contribution in [0.4, 0.5) is 0 Å². The Labute approximate surface area is 105 Å². The summed E-state index contributed by atoms with van der Waals surface area (Å²) in [5, 5.41) is 11.8. The van der Waals surface area contributed by atoms with Crippen LogP contribution in [0.1, 0.15) is 11.1 Å². The molecule has 0 radical (unpaired) electrons. The molecule has 2 rings (SSSR count). The van der Waals surface area contributed by atoms with Gasteiger partial charge >= 0.3 is 35.5 Å².